The number of aromatic nitrogens is 1. The smallest absolute Gasteiger partial charge is 0.310 e. The van der Waals surface area contributed by atoms with Crippen LogP contribution in [0.2, 0.25) is 0 Å². The normalized spacial score (nSPS) is 15.6. The summed E-state index contributed by atoms with van der Waals surface area (Å²) in [4.78, 5) is 29.0. The summed E-state index contributed by atoms with van der Waals surface area (Å²) in [6, 6.07) is -0.158. The van der Waals surface area contributed by atoms with E-state index in [2.05, 4.69) is 10.3 Å². The second-order valence-corrected chi connectivity index (χ2v) is 7.26. The predicted octanol–water partition coefficient (Wildman–Crippen LogP) is 3.07. The molecule has 0 aromatic carbocycles. The predicted molar refractivity (Wildman–Crippen MR) is 83.3 cm³/mol. The first-order valence-corrected chi connectivity index (χ1v) is 7.86. The quantitative estimate of drug-likeness (QED) is 0.846. The lowest BCUT2D eigenvalue weighted by molar-refractivity contribution is -0.153. The minimum atomic E-state index is -1.05. The molecule has 0 fully saturated rings. The van der Waals surface area contributed by atoms with Gasteiger partial charge in [0.1, 0.15) is 0 Å². The van der Waals surface area contributed by atoms with Gasteiger partial charge in [0.15, 0.2) is 0 Å². The molecular weight excluding hydrogens is 288 g/mol. The molecule has 0 radical (unpaired) electrons. The Morgan fingerprint density at radius 1 is 1.33 bits per heavy atom. The topological polar surface area (TPSA) is 79.3 Å². The summed E-state index contributed by atoms with van der Waals surface area (Å²) < 4.78 is 0. The Hall–Kier alpha value is -1.43. The van der Waals surface area contributed by atoms with Gasteiger partial charge in [0.2, 0.25) is 5.91 Å². The van der Waals surface area contributed by atoms with Gasteiger partial charge in [0.05, 0.1) is 22.2 Å². The Labute approximate surface area is 129 Å². The van der Waals surface area contributed by atoms with Crippen LogP contribution in [0.15, 0.2) is 0 Å². The van der Waals surface area contributed by atoms with Crippen LogP contribution in [0.4, 0.5) is 0 Å². The fourth-order valence-electron chi connectivity index (χ4n) is 2.17. The van der Waals surface area contributed by atoms with E-state index in [9.17, 15) is 14.7 Å². The first-order chi connectivity index (χ1) is 9.57. The Morgan fingerprint density at radius 3 is 2.29 bits per heavy atom. The Balaban J connectivity index is 2.77. The molecule has 0 bridgehead atoms. The molecule has 1 aromatic rings. The molecule has 0 saturated heterocycles. The van der Waals surface area contributed by atoms with Crippen LogP contribution in [-0.2, 0) is 9.59 Å². The molecule has 1 amide bonds. The van der Waals surface area contributed by atoms with Crippen molar-refractivity contribution in [2.45, 2.75) is 54.0 Å². The van der Waals surface area contributed by atoms with E-state index in [0.29, 0.717) is 0 Å². The van der Waals surface area contributed by atoms with Crippen molar-refractivity contribution in [1.29, 1.82) is 0 Å². The number of carboxylic acid groups (broad SMARTS) is 1. The minimum absolute atomic E-state index is 0.0266. The van der Waals surface area contributed by atoms with Crippen molar-refractivity contribution in [3.05, 3.63) is 15.6 Å². The molecule has 0 aliphatic carbocycles. The molecule has 21 heavy (non-hydrogen) atoms. The minimum Gasteiger partial charge on any atom is -0.481 e. The molecule has 0 aliphatic heterocycles. The van der Waals surface area contributed by atoms with Crippen LogP contribution >= 0.6 is 11.3 Å². The number of carbonyl (C=O) groups excluding carboxylic acids is 1. The lowest BCUT2D eigenvalue weighted by atomic mass is 9.76. The molecule has 1 aromatic heterocycles. The number of aliphatic carboxylic acids is 1. The van der Waals surface area contributed by atoms with Crippen LogP contribution in [0.25, 0.3) is 0 Å². The van der Waals surface area contributed by atoms with E-state index in [1.54, 1.807) is 18.3 Å². The van der Waals surface area contributed by atoms with E-state index in [-0.39, 0.29) is 24.3 Å². The second-order valence-electron chi connectivity index (χ2n) is 6.03. The molecule has 118 valence electrons. The Kier molecular flexibility index (Phi) is 5.50. The van der Waals surface area contributed by atoms with Gasteiger partial charge in [0, 0.05) is 11.3 Å². The monoisotopic (exact) mass is 312 g/mol. The average molecular weight is 312 g/mol. The molecule has 1 rings (SSSR count). The van der Waals surface area contributed by atoms with E-state index in [4.69, 9.17) is 0 Å². The summed E-state index contributed by atoms with van der Waals surface area (Å²) in [6.45, 7) is 11.0. The standard InChI is InChI=1S/C15H24N2O3S/c1-8(2)15(6,14(19)20)7-12(18)17-10(4)13-9(3)16-11(5)21-13/h8,10H,7H2,1-6H3,(H,17,18)(H,19,20). The van der Waals surface area contributed by atoms with Crippen LogP contribution in [-0.4, -0.2) is 22.0 Å². The van der Waals surface area contributed by atoms with E-state index < -0.39 is 11.4 Å². The zero-order chi connectivity index (χ0) is 16.4. The molecule has 1 heterocycles. The van der Waals surface area contributed by atoms with Gasteiger partial charge in [0.25, 0.3) is 0 Å². The molecule has 2 N–H and O–H groups in total. The highest BCUT2D eigenvalue weighted by molar-refractivity contribution is 7.11. The highest BCUT2D eigenvalue weighted by Gasteiger charge is 2.39. The lowest BCUT2D eigenvalue weighted by Crippen LogP contribution is -2.39. The molecule has 0 spiro atoms. The highest BCUT2D eigenvalue weighted by Crippen LogP contribution is 2.32. The van der Waals surface area contributed by atoms with Crippen molar-refractivity contribution in [3.8, 4) is 0 Å². The summed E-state index contributed by atoms with van der Waals surface area (Å²) in [5.41, 5.74) is -0.141. The molecule has 0 aliphatic rings. The van der Waals surface area contributed by atoms with Crippen molar-refractivity contribution in [2.24, 2.45) is 11.3 Å². The van der Waals surface area contributed by atoms with Crippen molar-refractivity contribution < 1.29 is 14.7 Å². The third-order valence-electron chi connectivity index (χ3n) is 4.00. The van der Waals surface area contributed by atoms with Gasteiger partial charge in [-0.05, 0) is 33.6 Å². The van der Waals surface area contributed by atoms with E-state index in [0.717, 1.165) is 15.6 Å². The van der Waals surface area contributed by atoms with Gasteiger partial charge in [-0.3, -0.25) is 9.59 Å². The second kappa shape index (κ2) is 6.56. The lowest BCUT2D eigenvalue weighted by Gasteiger charge is -2.28. The highest BCUT2D eigenvalue weighted by atomic mass is 32.1. The number of thiazole rings is 1. The maximum Gasteiger partial charge on any atom is 0.310 e. The van der Waals surface area contributed by atoms with Gasteiger partial charge in [-0.1, -0.05) is 13.8 Å². The molecular formula is C15H24N2O3S. The Morgan fingerprint density at radius 2 is 1.90 bits per heavy atom. The largest absolute Gasteiger partial charge is 0.481 e. The molecule has 2 atom stereocenters. The van der Waals surface area contributed by atoms with Crippen LogP contribution in [0.3, 0.4) is 0 Å². The van der Waals surface area contributed by atoms with Gasteiger partial charge in [-0.25, -0.2) is 4.98 Å². The fourth-order valence-corrected chi connectivity index (χ4v) is 3.10. The number of carbonyl (C=O) groups is 2. The SMILES string of the molecule is Cc1nc(C)c(C(C)NC(=O)CC(C)(C(=O)O)C(C)C)s1. The van der Waals surface area contributed by atoms with E-state index in [1.165, 1.54) is 0 Å². The summed E-state index contributed by atoms with van der Waals surface area (Å²) in [5, 5.41) is 13.2. The zero-order valence-corrected chi connectivity index (χ0v) is 14.3. The molecule has 0 saturated carbocycles. The first-order valence-electron chi connectivity index (χ1n) is 7.04. The van der Waals surface area contributed by atoms with Crippen molar-refractivity contribution in [3.63, 3.8) is 0 Å². The molecule has 5 nitrogen and oxygen atoms in total. The summed E-state index contributed by atoms with van der Waals surface area (Å²) in [5.74, 6) is -1.31. The van der Waals surface area contributed by atoms with Crippen LogP contribution < -0.4 is 5.32 Å². The number of rotatable bonds is 6. The number of hydrogen-bond acceptors (Lipinski definition) is 4. The maximum absolute atomic E-state index is 12.2. The number of hydrogen-bond donors (Lipinski definition) is 2. The molecule has 6 heteroatoms. The number of nitrogens with one attached hydrogen (secondary N) is 1. The van der Waals surface area contributed by atoms with Crippen LogP contribution in [0, 0.1) is 25.2 Å². The molecule has 2 unspecified atom stereocenters. The Bertz CT molecular complexity index is 539. The van der Waals surface area contributed by atoms with Gasteiger partial charge >= 0.3 is 5.97 Å². The van der Waals surface area contributed by atoms with Crippen molar-refractivity contribution in [1.82, 2.24) is 10.3 Å². The van der Waals surface area contributed by atoms with Crippen LogP contribution in [0.5, 0.6) is 0 Å². The fraction of sp³-hybridized carbons (Fsp3) is 0.667. The van der Waals surface area contributed by atoms with Crippen molar-refractivity contribution in [2.75, 3.05) is 0 Å². The third-order valence-corrected chi connectivity index (χ3v) is 5.26. The van der Waals surface area contributed by atoms with E-state index >= 15 is 0 Å². The summed E-state index contributed by atoms with van der Waals surface area (Å²) >= 11 is 1.55. The van der Waals surface area contributed by atoms with Gasteiger partial charge in [-0.15, -0.1) is 11.3 Å². The van der Waals surface area contributed by atoms with Gasteiger partial charge < -0.3 is 10.4 Å². The van der Waals surface area contributed by atoms with Crippen LogP contribution in [0.1, 0.15) is 55.7 Å². The van der Waals surface area contributed by atoms with E-state index in [1.807, 2.05) is 34.6 Å². The van der Waals surface area contributed by atoms with Crippen molar-refractivity contribution >= 4 is 23.2 Å². The number of amides is 1. The average Bonchev–Trinajstić information content (AvgIpc) is 2.67. The number of carboxylic acids is 1. The number of aryl methyl sites for hydroxylation is 2. The zero-order valence-electron chi connectivity index (χ0n) is 13.5. The summed E-state index contributed by atoms with van der Waals surface area (Å²) in [7, 11) is 0. The summed E-state index contributed by atoms with van der Waals surface area (Å²) in [6.07, 6.45) is -0.0266. The maximum atomic E-state index is 12.2. The third kappa shape index (κ3) is 4.03. The van der Waals surface area contributed by atoms with Gasteiger partial charge in [-0.2, -0.15) is 0 Å². The number of nitrogens with zero attached hydrogens (tertiary/aromatic N) is 1. The first kappa shape index (κ1) is 17.6.